The molecule has 0 spiro atoms. The molecule has 1 aliphatic rings. The molecule has 1 aromatic carbocycles. The molecule has 3 rings (SSSR count). The number of thiophene rings is 1. The van der Waals surface area contributed by atoms with Crippen LogP contribution < -0.4 is 11.1 Å². The van der Waals surface area contributed by atoms with Crippen molar-refractivity contribution >= 4 is 40.4 Å². The summed E-state index contributed by atoms with van der Waals surface area (Å²) in [5.41, 5.74) is 7.78. The second kappa shape index (κ2) is 8.35. The molecule has 3 N–H and O–H groups in total. The molecule has 1 amide bonds. The van der Waals surface area contributed by atoms with Gasteiger partial charge < -0.3 is 11.1 Å². The summed E-state index contributed by atoms with van der Waals surface area (Å²) < 4.78 is 0. The molecule has 0 saturated heterocycles. The van der Waals surface area contributed by atoms with Crippen LogP contribution in [0.1, 0.15) is 26.8 Å². The van der Waals surface area contributed by atoms with Crippen LogP contribution in [0.25, 0.3) is 0 Å². The lowest BCUT2D eigenvalue weighted by Gasteiger charge is -2.17. The van der Waals surface area contributed by atoms with Gasteiger partial charge >= 0.3 is 0 Å². The number of nitrogens with one attached hydrogen (secondary N) is 1. The first-order valence-electron chi connectivity index (χ1n) is 8.11. The van der Waals surface area contributed by atoms with E-state index in [1.54, 1.807) is 17.1 Å². The first-order valence-corrected chi connectivity index (χ1v) is 9.75. The minimum atomic E-state index is -0.217. The van der Waals surface area contributed by atoms with E-state index >= 15 is 0 Å². The summed E-state index contributed by atoms with van der Waals surface area (Å²) in [5.74, 6) is -0.142. The van der Waals surface area contributed by atoms with E-state index in [0.29, 0.717) is 34.4 Å². The highest BCUT2D eigenvalue weighted by Gasteiger charge is 2.23. The van der Waals surface area contributed by atoms with Gasteiger partial charge in [0.05, 0.1) is 17.5 Å². The second-order valence-corrected chi connectivity index (χ2v) is 7.85. The number of halogens is 2. The molecule has 9 heteroatoms. The molecule has 2 heterocycles. The van der Waals surface area contributed by atoms with Gasteiger partial charge in [0.2, 0.25) is 0 Å². The minimum absolute atomic E-state index is 0.0889. The van der Waals surface area contributed by atoms with E-state index < -0.39 is 0 Å². The summed E-state index contributed by atoms with van der Waals surface area (Å²) in [4.78, 5) is 13.2. The largest absolute Gasteiger partial charge is 0.347 e. The molecule has 0 radical (unpaired) electrons. The average molecular weight is 412 g/mol. The summed E-state index contributed by atoms with van der Waals surface area (Å²) in [6.07, 6.45) is 0.541. The predicted molar refractivity (Wildman–Crippen MR) is 105 cm³/mol. The van der Waals surface area contributed by atoms with Gasteiger partial charge in [-0.3, -0.25) is 9.80 Å². The summed E-state index contributed by atoms with van der Waals surface area (Å²) in [7, 11) is 1.87. The van der Waals surface area contributed by atoms with E-state index in [4.69, 9.17) is 28.9 Å². The number of likely N-dealkylation sites (N-methyl/N-ethyl adjacent to an activating group) is 1. The Labute approximate surface area is 166 Å². The lowest BCUT2D eigenvalue weighted by Crippen LogP contribution is -2.41. The molecule has 0 saturated carbocycles. The Morgan fingerprint density at radius 1 is 1.46 bits per heavy atom. The maximum Gasteiger partial charge on any atom is 0.261 e. The average Bonchev–Trinajstić information content (AvgIpc) is 3.25. The molecule has 1 aromatic heterocycles. The molecule has 2 atom stereocenters. The number of amides is 1. The molecule has 0 aliphatic carbocycles. The van der Waals surface area contributed by atoms with E-state index in [-0.39, 0.29) is 18.0 Å². The molecule has 0 fully saturated rings. The molecular weight excluding hydrogens is 393 g/mol. The van der Waals surface area contributed by atoms with Crippen LogP contribution in [0.2, 0.25) is 10.0 Å². The van der Waals surface area contributed by atoms with Gasteiger partial charge in [0.1, 0.15) is 0 Å². The number of carbonyl (C=O) groups is 1. The summed E-state index contributed by atoms with van der Waals surface area (Å²) in [5, 5.41) is 15.9. The van der Waals surface area contributed by atoms with Gasteiger partial charge in [0, 0.05) is 29.7 Å². The fraction of sp³-hybridized carbons (Fsp3) is 0.353. The zero-order valence-corrected chi connectivity index (χ0v) is 16.5. The number of carbonyl (C=O) groups excluding carboxylic acids is 1. The Hall–Kier alpha value is -1.67. The topological polar surface area (TPSA) is 83.1 Å². The van der Waals surface area contributed by atoms with Crippen LogP contribution in [0, 0.1) is 0 Å². The third-order valence-electron chi connectivity index (χ3n) is 4.24. The maximum atomic E-state index is 12.6. The predicted octanol–water partition coefficient (Wildman–Crippen LogP) is 3.71. The van der Waals surface area contributed by atoms with Crippen LogP contribution >= 0.6 is 34.5 Å². The van der Waals surface area contributed by atoms with Crippen molar-refractivity contribution in [3.05, 3.63) is 55.7 Å². The molecule has 2 aromatic rings. The smallest absolute Gasteiger partial charge is 0.261 e. The number of benzene rings is 1. The first-order chi connectivity index (χ1) is 12.5. The van der Waals surface area contributed by atoms with Crippen molar-refractivity contribution in [2.45, 2.75) is 18.5 Å². The molecule has 0 bridgehead atoms. The highest BCUT2D eigenvalue weighted by molar-refractivity contribution is 7.12. The lowest BCUT2D eigenvalue weighted by atomic mass is 10.1. The van der Waals surface area contributed by atoms with Crippen molar-refractivity contribution in [1.29, 1.82) is 0 Å². The fourth-order valence-corrected chi connectivity index (χ4v) is 4.11. The Bertz CT molecular complexity index is 825. The monoisotopic (exact) mass is 411 g/mol. The molecule has 1 aliphatic heterocycles. The van der Waals surface area contributed by atoms with Crippen LogP contribution in [0.3, 0.4) is 0 Å². The minimum Gasteiger partial charge on any atom is -0.347 e. The normalized spacial score (nSPS) is 17.5. The van der Waals surface area contributed by atoms with Crippen molar-refractivity contribution in [2.24, 2.45) is 16.1 Å². The summed E-state index contributed by atoms with van der Waals surface area (Å²) >= 11 is 13.5. The molecular formula is C17H19Cl2N5OS. The highest BCUT2D eigenvalue weighted by Crippen LogP contribution is 2.29. The third-order valence-corrected chi connectivity index (χ3v) is 5.77. The van der Waals surface area contributed by atoms with Crippen LogP contribution in [0.15, 0.2) is 40.0 Å². The standard InChI is InChI=1S/C17H19Cl2N5OS/c1-24-15(8-21-23-24)11-5-16(26-9-11)17(25)22-13(7-20)4-10-2-3-12(18)6-14(10)19/h2-3,5-6,9,13,15H,4,7-8,20H2,1H3,(H,22,25)/t13-,15?/m0/s1. The number of hydrogen-bond acceptors (Lipinski definition) is 6. The van der Waals surface area contributed by atoms with Gasteiger partial charge in [-0.05, 0) is 41.1 Å². The summed E-state index contributed by atoms with van der Waals surface area (Å²) in [6.45, 7) is 0.917. The van der Waals surface area contributed by atoms with Crippen LogP contribution in [-0.4, -0.2) is 37.1 Å². The lowest BCUT2D eigenvalue weighted by molar-refractivity contribution is 0.0942. The van der Waals surface area contributed by atoms with Crippen LogP contribution in [-0.2, 0) is 6.42 Å². The number of rotatable bonds is 6. The fourth-order valence-electron chi connectivity index (χ4n) is 2.76. The molecule has 138 valence electrons. The van der Waals surface area contributed by atoms with E-state index in [1.807, 2.05) is 24.6 Å². The third kappa shape index (κ3) is 4.35. The Morgan fingerprint density at radius 3 is 2.92 bits per heavy atom. The molecule has 26 heavy (non-hydrogen) atoms. The summed E-state index contributed by atoms with van der Waals surface area (Å²) in [6, 6.07) is 7.08. The van der Waals surface area contributed by atoms with E-state index in [1.165, 1.54) is 11.3 Å². The van der Waals surface area contributed by atoms with Gasteiger partial charge in [0.15, 0.2) is 0 Å². The van der Waals surface area contributed by atoms with Gasteiger partial charge in [-0.2, -0.15) is 5.11 Å². The van der Waals surface area contributed by atoms with Crippen molar-refractivity contribution in [2.75, 3.05) is 20.1 Å². The van der Waals surface area contributed by atoms with Crippen molar-refractivity contribution in [3.8, 4) is 0 Å². The van der Waals surface area contributed by atoms with Gasteiger partial charge in [0.25, 0.3) is 5.91 Å². The SMILES string of the molecule is CN1N=NCC1c1csc(C(=O)N[C@H](CN)Cc2ccc(Cl)cc2Cl)c1. The van der Waals surface area contributed by atoms with Gasteiger partial charge in [-0.1, -0.05) is 34.5 Å². The van der Waals surface area contributed by atoms with Gasteiger partial charge in [-0.25, -0.2) is 0 Å². The number of hydrogen-bond donors (Lipinski definition) is 2. The Kier molecular flexibility index (Phi) is 6.13. The quantitative estimate of drug-likeness (QED) is 0.759. The van der Waals surface area contributed by atoms with E-state index in [9.17, 15) is 4.79 Å². The maximum absolute atomic E-state index is 12.6. The zero-order valence-electron chi connectivity index (χ0n) is 14.2. The van der Waals surface area contributed by atoms with Crippen molar-refractivity contribution < 1.29 is 4.79 Å². The molecule has 6 nitrogen and oxygen atoms in total. The van der Waals surface area contributed by atoms with Crippen LogP contribution in [0.4, 0.5) is 0 Å². The Balaban J connectivity index is 1.65. The van der Waals surface area contributed by atoms with E-state index in [2.05, 4.69) is 15.7 Å². The molecule has 1 unspecified atom stereocenters. The zero-order chi connectivity index (χ0) is 18.7. The Morgan fingerprint density at radius 2 is 2.27 bits per heavy atom. The second-order valence-electron chi connectivity index (χ2n) is 6.09. The van der Waals surface area contributed by atoms with Crippen LogP contribution in [0.5, 0.6) is 0 Å². The first kappa shape index (κ1) is 19.1. The number of nitrogens with zero attached hydrogens (tertiary/aromatic N) is 3. The van der Waals surface area contributed by atoms with Gasteiger partial charge in [-0.15, -0.1) is 11.3 Å². The highest BCUT2D eigenvalue weighted by atomic mass is 35.5. The van der Waals surface area contributed by atoms with Crippen molar-refractivity contribution in [1.82, 2.24) is 10.3 Å². The van der Waals surface area contributed by atoms with Crippen molar-refractivity contribution in [3.63, 3.8) is 0 Å². The number of nitrogens with two attached hydrogens (primary N) is 1. The van der Waals surface area contributed by atoms with E-state index in [0.717, 1.165) is 11.1 Å².